The van der Waals surface area contributed by atoms with Crippen LogP contribution < -0.4 is 10.1 Å². The first-order valence-electron chi connectivity index (χ1n) is 17.0. The predicted octanol–water partition coefficient (Wildman–Crippen LogP) is 9.39. The summed E-state index contributed by atoms with van der Waals surface area (Å²) in [4.78, 5) is 27.5. The van der Waals surface area contributed by atoms with E-state index in [0.717, 1.165) is 27.6 Å². The van der Waals surface area contributed by atoms with E-state index in [-0.39, 0.29) is 67.8 Å². The molecule has 12 heteroatoms. The number of hydrogen-bond donors (Lipinski definition) is 1. The molecule has 6 nitrogen and oxygen atoms in total. The van der Waals surface area contributed by atoms with Gasteiger partial charge < -0.3 is 14.8 Å². The molecule has 1 heterocycles. The third-order valence-electron chi connectivity index (χ3n) is 8.36. The molecule has 0 aliphatic rings. The van der Waals surface area contributed by atoms with E-state index < -0.39 is 11.7 Å². The fraction of sp³-hybridized carbons (Fsp3) is 0.268. The lowest BCUT2D eigenvalue weighted by Gasteiger charge is -2.29. The van der Waals surface area contributed by atoms with E-state index in [1.165, 1.54) is 17.4 Å². The second-order valence-electron chi connectivity index (χ2n) is 12.2. The van der Waals surface area contributed by atoms with Crippen molar-refractivity contribution in [1.29, 1.82) is 0 Å². The van der Waals surface area contributed by atoms with Crippen LogP contribution in [0.1, 0.15) is 45.0 Å². The van der Waals surface area contributed by atoms with Gasteiger partial charge in [-0.1, -0.05) is 103 Å². The molecular formula is C41H41Cl2F3N2O4S. The van der Waals surface area contributed by atoms with Crippen LogP contribution in [0.2, 0.25) is 5.02 Å². The number of hydrogen-bond acceptors (Lipinski definition) is 6. The van der Waals surface area contributed by atoms with E-state index in [2.05, 4.69) is 34.5 Å². The molecule has 4 aromatic carbocycles. The predicted molar refractivity (Wildman–Crippen MR) is 206 cm³/mol. The van der Waals surface area contributed by atoms with Crippen molar-refractivity contribution in [3.05, 3.63) is 158 Å². The smallest absolute Gasteiger partial charge is 0.417 e. The molecule has 280 valence electrons. The van der Waals surface area contributed by atoms with Gasteiger partial charge in [0.05, 0.1) is 36.6 Å². The topological polar surface area (TPSA) is 67.9 Å². The largest absolute Gasteiger partial charge is 0.494 e. The number of nitrogens with one attached hydrogen (secondary N) is 1. The van der Waals surface area contributed by atoms with Gasteiger partial charge >= 0.3 is 12.1 Å². The van der Waals surface area contributed by atoms with E-state index in [1.807, 2.05) is 78.2 Å². The SMILES string of the molecule is Cl.O=C(Cc1cccc(OCCCN(Cc2cccc(C(F)(F)F)c2Cl)CC(c2ccccc2)c2ccccc2)c1)NCCOC(=O)Cc1cccs1. The van der Waals surface area contributed by atoms with Crippen LogP contribution in [0.3, 0.4) is 0 Å². The van der Waals surface area contributed by atoms with Gasteiger partial charge in [0, 0.05) is 30.4 Å². The highest BCUT2D eigenvalue weighted by Gasteiger charge is 2.34. The molecule has 0 spiro atoms. The van der Waals surface area contributed by atoms with Crippen molar-refractivity contribution in [2.45, 2.75) is 37.9 Å². The minimum absolute atomic E-state index is 0. The molecule has 0 saturated heterocycles. The standard InChI is InChI=1S/C41H40ClF3N2O4S.ClH/c42-40-33(16-8-19-37(40)41(43,44)45)28-47(29-36(31-12-3-1-4-13-31)32-14-5-2-6-15-32)21-10-22-50-34-17-7-11-30(25-34)26-38(48)46-20-23-51-39(49)27-35-18-9-24-52-35;/h1-9,11-19,24-25,36H,10,20-23,26-29H2,(H,46,48);1H. The fourth-order valence-electron chi connectivity index (χ4n) is 5.86. The Morgan fingerprint density at radius 1 is 0.830 bits per heavy atom. The zero-order valence-corrected chi connectivity index (χ0v) is 31.3. The van der Waals surface area contributed by atoms with E-state index >= 15 is 0 Å². The van der Waals surface area contributed by atoms with Crippen LogP contribution in [0.25, 0.3) is 0 Å². The van der Waals surface area contributed by atoms with E-state index in [0.29, 0.717) is 37.4 Å². The summed E-state index contributed by atoms with van der Waals surface area (Å²) in [5.74, 6) is 0.0267. The lowest BCUT2D eigenvalue weighted by atomic mass is 9.90. The molecule has 1 N–H and O–H groups in total. The van der Waals surface area contributed by atoms with Crippen molar-refractivity contribution < 1.29 is 32.2 Å². The van der Waals surface area contributed by atoms with Crippen LogP contribution in [0.5, 0.6) is 5.75 Å². The summed E-state index contributed by atoms with van der Waals surface area (Å²) in [5.41, 5.74) is 2.51. The molecule has 0 unspecified atom stereocenters. The van der Waals surface area contributed by atoms with Gasteiger partial charge in [-0.05, 0) is 58.3 Å². The molecule has 1 amide bonds. The van der Waals surface area contributed by atoms with Crippen LogP contribution in [0.4, 0.5) is 13.2 Å². The fourth-order valence-corrected chi connectivity index (χ4v) is 6.85. The highest BCUT2D eigenvalue weighted by molar-refractivity contribution is 7.10. The molecule has 0 aliphatic carbocycles. The van der Waals surface area contributed by atoms with Gasteiger partial charge in [0.15, 0.2) is 0 Å². The van der Waals surface area contributed by atoms with E-state index in [4.69, 9.17) is 21.1 Å². The number of amides is 1. The van der Waals surface area contributed by atoms with Crippen LogP contribution in [0.15, 0.2) is 121 Å². The molecule has 0 radical (unpaired) electrons. The normalized spacial score (nSPS) is 11.3. The highest BCUT2D eigenvalue weighted by Crippen LogP contribution is 2.37. The Morgan fingerprint density at radius 3 is 2.19 bits per heavy atom. The summed E-state index contributed by atoms with van der Waals surface area (Å²) in [6.45, 7) is 1.94. The minimum Gasteiger partial charge on any atom is -0.494 e. The summed E-state index contributed by atoms with van der Waals surface area (Å²) in [6, 6.07) is 35.1. The molecule has 5 aromatic rings. The monoisotopic (exact) mass is 784 g/mol. The maximum Gasteiger partial charge on any atom is 0.417 e. The van der Waals surface area contributed by atoms with Crippen molar-refractivity contribution in [2.24, 2.45) is 0 Å². The molecule has 0 fully saturated rings. The van der Waals surface area contributed by atoms with Gasteiger partial charge in [0.25, 0.3) is 0 Å². The number of esters is 1. The Labute approximate surface area is 323 Å². The summed E-state index contributed by atoms with van der Waals surface area (Å²) in [5, 5.41) is 4.38. The Hall–Kier alpha value is -4.35. The van der Waals surface area contributed by atoms with Gasteiger partial charge in [-0.25, -0.2) is 0 Å². The summed E-state index contributed by atoms with van der Waals surface area (Å²) in [7, 11) is 0. The lowest BCUT2D eigenvalue weighted by Crippen LogP contribution is -2.31. The third kappa shape index (κ3) is 13.2. The molecule has 0 bridgehead atoms. The molecule has 0 aliphatic heterocycles. The van der Waals surface area contributed by atoms with Gasteiger partial charge in [0.1, 0.15) is 12.4 Å². The molecule has 5 rings (SSSR count). The third-order valence-corrected chi connectivity index (χ3v) is 9.68. The van der Waals surface area contributed by atoms with E-state index in [1.54, 1.807) is 6.07 Å². The number of alkyl halides is 3. The Balaban J connectivity index is 0.00000627. The molecule has 1 aromatic heterocycles. The number of thiophene rings is 1. The zero-order valence-electron chi connectivity index (χ0n) is 28.9. The van der Waals surface area contributed by atoms with Gasteiger partial charge in [0.2, 0.25) is 5.91 Å². The summed E-state index contributed by atoms with van der Waals surface area (Å²) >= 11 is 7.84. The maximum absolute atomic E-state index is 13.7. The van der Waals surface area contributed by atoms with Gasteiger partial charge in [-0.15, -0.1) is 23.7 Å². The molecule has 0 saturated carbocycles. The number of ether oxygens (including phenoxy) is 2. The first kappa shape index (κ1) is 41.4. The zero-order chi connectivity index (χ0) is 36.8. The minimum atomic E-state index is -4.56. The Morgan fingerprint density at radius 2 is 1.53 bits per heavy atom. The Bertz CT molecular complexity index is 1820. The molecule has 0 atom stereocenters. The second-order valence-corrected chi connectivity index (χ2v) is 13.6. The average Bonchev–Trinajstić information content (AvgIpc) is 3.65. The summed E-state index contributed by atoms with van der Waals surface area (Å²) in [6.07, 6.45) is -3.63. The van der Waals surface area contributed by atoms with Crippen LogP contribution in [0, 0.1) is 0 Å². The number of benzene rings is 4. The maximum atomic E-state index is 13.7. The number of nitrogens with zero attached hydrogens (tertiary/aromatic N) is 1. The first-order chi connectivity index (χ1) is 25.2. The van der Waals surface area contributed by atoms with Gasteiger partial charge in [-0.3, -0.25) is 14.5 Å². The van der Waals surface area contributed by atoms with Crippen molar-refractivity contribution in [1.82, 2.24) is 10.2 Å². The quantitative estimate of drug-likeness (QED) is 0.0709. The van der Waals surface area contributed by atoms with Crippen LogP contribution in [-0.2, 0) is 39.9 Å². The van der Waals surface area contributed by atoms with Crippen molar-refractivity contribution in [3.63, 3.8) is 0 Å². The number of carbonyl (C=O) groups excluding carboxylic acids is 2. The second kappa shape index (κ2) is 20.8. The van der Waals surface area contributed by atoms with Crippen LogP contribution >= 0.6 is 35.3 Å². The van der Waals surface area contributed by atoms with E-state index in [9.17, 15) is 22.8 Å². The van der Waals surface area contributed by atoms with Gasteiger partial charge in [-0.2, -0.15) is 13.2 Å². The highest BCUT2D eigenvalue weighted by atomic mass is 35.5. The summed E-state index contributed by atoms with van der Waals surface area (Å²) < 4.78 is 52.4. The lowest BCUT2D eigenvalue weighted by molar-refractivity contribution is -0.143. The number of carbonyl (C=O) groups is 2. The number of rotatable bonds is 18. The Kier molecular flexibility index (Phi) is 16.2. The van der Waals surface area contributed by atoms with Crippen molar-refractivity contribution in [3.8, 4) is 5.75 Å². The van der Waals surface area contributed by atoms with Crippen molar-refractivity contribution >= 4 is 47.2 Å². The van der Waals surface area contributed by atoms with Crippen LogP contribution in [-0.4, -0.2) is 49.6 Å². The first-order valence-corrected chi connectivity index (χ1v) is 18.2. The molecule has 53 heavy (non-hydrogen) atoms. The average molecular weight is 786 g/mol. The number of halogens is 5. The molecular weight excluding hydrogens is 744 g/mol. The van der Waals surface area contributed by atoms with Crippen molar-refractivity contribution in [2.75, 3.05) is 32.8 Å².